The lowest BCUT2D eigenvalue weighted by Crippen LogP contribution is -2.65. The third kappa shape index (κ3) is 18.2. The van der Waals surface area contributed by atoms with Crippen molar-refractivity contribution in [3.8, 4) is 11.4 Å². The summed E-state index contributed by atoms with van der Waals surface area (Å²) in [7, 11) is 0. The molecule has 0 bridgehead atoms. The van der Waals surface area contributed by atoms with Crippen LogP contribution in [0.2, 0.25) is 0 Å². The lowest BCUT2D eigenvalue weighted by molar-refractivity contribution is -0.145. The Labute approximate surface area is 550 Å². The zero-order valence-corrected chi connectivity index (χ0v) is 56.4. The van der Waals surface area contributed by atoms with Gasteiger partial charge in [-0.1, -0.05) is 12.1 Å². The van der Waals surface area contributed by atoms with Gasteiger partial charge in [-0.15, -0.1) is 12.4 Å². The Hall–Kier alpha value is -7.65. The molecule has 4 aliphatic carbocycles. The number of nitrogens with zero attached hydrogens (tertiary/aromatic N) is 9. The number of nitrogens with one attached hydrogen (secondary N) is 5. The van der Waals surface area contributed by atoms with Gasteiger partial charge in [0.05, 0.1) is 16.9 Å². The highest BCUT2D eigenvalue weighted by atomic mass is 35.5. The van der Waals surface area contributed by atoms with E-state index in [2.05, 4.69) is 54.8 Å². The molecule has 2 unspecified atom stereocenters. The number of nitrogens with two attached hydrogens (primary N) is 2. The van der Waals surface area contributed by atoms with Crippen molar-refractivity contribution in [2.75, 3.05) is 63.0 Å². The average molecular weight is 1310 g/mol. The molecule has 26 nitrogen and oxygen atoms in total. The van der Waals surface area contributed by atoms with Crippen LogP contribution < -0.4 is 49.4 Å². The molecule has 2 aliphatic heterocycles. The minimum atomic E-state index is -1.30. The number of carboxylic acid groups (broad SMARTS) is 1. The summed E-state index contributed by atoms with van der Waals surface area (Å²) in [6.45, 7) is 19.9. The van der Waals surface area contributed by atoms with Gasteiger partial charge in [-0.2, -0.15) is 9.97 Å². The number of ether oxygens (including phenoxy) is 1. The summed E-state index contributed by atoms with van der Waals surface area (Å²) in [6.07, 6.45) is 13.5. The van der Waals surface area contributed by atoms with Crippen molar-refractivity contribution < 1.29 is 38.6 Å². The van der Waals surface area contributed by atoms with E-state index in [1.165, 1.54) is 31.4 Å². The molecule has 6 aliphatic rings. The maximum atomic E-state index is 13.4. The van der Waals surface area contributed by atoms with E-state index in [9.17, 15) is 43.5 Å². The first kappa shape index (κ1) is 71.2. The van der Waals surface area contributed by atoms with Crippen LogP contribution in [0.5, 0.6) is 0 Å². The van der Waals surface area contributed by atoms with Crippen LogP contribution >= 0.6 is 12.4 Å². The number of hydrogen-bond donors (Lipinski definition) is 8. The molecule has 2 saturated carbocycles. The largest absolute Gasteiger partial charge is 0.465 e. The van der Waals surface area contributed by atoms with Crippen LogP contribution in [-0.4, -0.2) is 196 Å². The standard InChI is InChI=1S/C38H56N8O7.C28H40N8O3.ClH/c1-36(2,3)46(35(51)52)38(7,8)31(47)43-17-19-44(20-18-43)32(48)41-30-15-16-45(33(49)42-30)29-14-10-24-21-26(11-9-25(24)22-29)39-27-12-13-28(23-27)40-34(50)53-37(4,5)6;1-28(2,30)25(37)34-11-13-35(14-12-34)26(38)32-24-9-10-36(27(39)33-24)23-8-4-18-15-21(6-3-19(18)16-23)31-22-7-5-20(29)17-22;/h10,14-16,22,26-28,39H,9,11-13,17-21,23H2,1-8H3,(H,40,50)(H,51,52)(H,41,42,48,49);4,8-10,16,20-22,31H,3,5-7,11-15,17,29-30H2,1-2H3,(H,32,33,38,39);1H/t26?,27-,28-;20-,21?,22-;/m00./s1. The van der Waals surface area contributed by atoms with Crippen molar-refractivity contribution >= 4 is 60.1 Å². The zero-order valence-electron chi connectivity index (χ0n) is 55.6. The van der Waals surface area contributed by atoms with Crippen LogP contribution in [0, 0.1) is 0 Å². The first-order valence-corrected chi connectivity index (χ1v) is 32.5. The highest BCUT2D eigenvalue weighted by Crippen LogP contribution is 2.31. The Balaban J connectivity index is 0.000000247. The summed E-state index contributed by atoms with van der Waals surface area (Å²) < 4.78 is 8.37. The third-order valence-electron chi connectivity index (χ3n) is 18.2. The van der Waals surface area contributed by atoms with E-state index < -0.39 is 45.7 Å². The number of rotatable bonds is 12. The Morgan fingerprint density at radius 3 is 1.40 bits per heavy atom. The summed E-state index contributed by atoms with van der Waals surface area (Å²) in [4.78, 5) is 118. The van der Waals surface area contributed by atoms with E-state index in [1.807, 2.05) is 39.0 Å². The predicted molar refractivity (Wildman–Crippen MR) is 358 cm³/mol. The van der Waals surface area contributed by atoms with Crippen LogP contribution in [0.3, 0.4) is 0 Å². The molecular formula is C66H97ClN16O10. The van der Waals surface area contributed by atoms with Gasteiger partial charge in [0.2, 0.25) is 11.8 Å². The fourth-order valence-corrected chi connectivity index (χ4v) is 13.8. The molecule has 0 spiro atoms. The molecule has 10 rings (SSSR count). The number of carbonyl (C=O) groups excluding carboxylic acids is 5. The summed E-state index contributed by atoms with van der Waals surface area (Å²) in [5.41, 5.74) is 13.9. The van der Waals surface area contributed by atoms with Gasteiger partial charge in [-0.05, 0) is 205 Å². The van der Waals surface area contributed by atoms with Crippen molar-refractivity contribution in [1.29, 1.82) is 0 Å². The maximum absolute atomic E-state index is 13.4. The van der Waals surface area contributed by atoms with Crippen molar-refractivity contribution in [2.45, 2.75) is 205 Å². The molecule has 4 aromatic rings. The number of amides is 8. The third-order valence-corrected chi connectivity index (χ3v) is 18.2. The number of fused-ring (bicyclic) bond motifs is 2. The lowest BCUT2D eigenvalue weighted by atomic mass is 9.87. The number of halogens is 1. The van der Waals surface area contributed by atoms with E-state index in [-0.39, 0.29) is 80.2 Å². The fourth-order valence-electron chi connectivity index (χ4n) is 13.8. The fraction of sp³-hybridized carbons (Fsp3) is 0.606. The Morgan fingerprint density at radius 2 is 0.989 bits per heavy atom. The van der Waals surface area contributed by atoms with Crippen LogP contribution in [0.4, 0.5) is 30.8 Å². The van der Waals surface area contributed by atoms with E-state index in [0.29, 0.717) is 62.1 Å². The number of anilines is 2. The van der Waals surface area contributed by atoms with Crippen LogP contribution in [0.1, 0.15) is 143 Å². The quantitative estimate of drug-likeness (QED) is 0.0837. The van der Waals surface area contributed by atoms with Gasteiger partial charge >= 0.3 is 35.6 Å². The molecule has 27 heteroatoms. The molecule has 2 aromatic carbocycles. The smallest absolute Gasteiger partial charge is 0.408 e. The van der Waals surface area contributed by atoms with Crippen LogP contribution in [-0.2, 0) is 40.0 Å². The summed E-state index contributed by atoms with van der Waals surface area (Å²) in [5, 5.41) is 25.9. The number of alkyl carbamates (subject to hydrolysis) is 1. The number of carbonyl (C=O) groups is 6. The molecule has 93 heavy (non-hydrogen) atoms. The van der Waals surface area contributed by atoms with Crippen molar-refractivity contribution in [2.24, 2.45) is 11.5 Å². The van der Waals surface area contributed by atoms with Gasteiger partial charge in [-0.25, -0.2) is 28.8 Å². The van der Waals surface area contributed by atoms with Gasteiger partial charge < -0.3 is 56.9 Å². The molecule has 8 amide bonds. The Morgan fingerprint density at radius 1 is 0.559 bits per heavy atom. The molecule has 4 fully saturated rings. The molecular weight excluding hydrogens is 1210 g/mol. The monoisotopic (exact) mass is 1310 g/mol. The SMILES string of the molecule is CC(C)(C)OC(=O)N[C@H]1CC[C@H](NC2CCc3cc(-n4ccc(NC(=O)N5CCN(C(=O)C(C)(C)N(C(=O)O)C(C)(C)C)CC5)nc4=O)ccc3C2)C1.CC(C)(N)C(=O)N1CCN(C(=O)Nc2ccn(-c3ccc4c(c3)CCC(N[C@H]3CC[C@H](N)C3)C4)c(=O)n2)CC1.Cl. The van der Waals surface area contributed by atoms with Crippen molar-refractivity contribution in [3.63, 3.8) is 0 Å². The maximum Gasteiger partial charge on any atom is 0.408 e. The average Bonchev–Trinajstić information content (AvgIpc) is 1.13. The number of hydrogen-bond acceptors (Lipinski definition) is 15. The van der Waals surface area contributed by atoms with E-state index >= 15 is 0 Å². The van der Waals surface area contributed by atoms with E-state index in [0.717, 1.165) is 87.6 Å². The minimum Gasteiger partial charge on any atom is -0.465 e. The summed E-state index contributed by atoms with van der Waals surface area (Å²) >= 11 is 0. The van der Waals surface area contributed by atoms with Gasteiger partial charge in [0.15, 0.2) is 0 Å². The Bertz CT molecular complexity index is 3490. The first-order chi connectivity index (χ1) is 43.3. The van der Waals surface area contributed by atoms with Gasteiger partial charge in [0.1, 0.15) is 22.8 Å². The van der Waals surface area contributed by atoms with Crippen LogP contribution in [0.25, 0.3) is 11.4 Å². The number of urea groups is 2. The van der Waals surface area contributed by atoms with Crippen molar-refractivity contribution in [1.82, 2.24) is 59.6 Å². The molecule has 2 aromatic heterocycles. The predicted octanol–water partition coefficient (Wildman–Crippen LogP) is 5.75. The minimum absolute atomic E-state index is 0. The number of aryl methyl sites for hydroxylation is 2. The highest BCUT2D eigenvalue weighted by Gasteiger charge is 2.46. The second kappa shape index (κ2) is 29.3. The summed E-state index contributed by atoms with van der Waals surface area (Å²) in [6, 6.07) is 16.6. The molecule has 4 heterocycles. The Kier molecular flexibility index (Phi) is 22.5. The lowest BCUT2D eigenvalue weighted by Gasteiger charge is -2.47. The first-order valence-electron chi connectivity index (χ1n) is 32.5. The zero-order chi connectivity index (χ0) is 66.6. The van der Waals surface area contributed by atoms with Gasteiger partial charge in [0, 0.05) is 107 Å². The highest BCUT2D eigenvalue weighted by molar-refractivity contribution is 5.91. The number of aromatic nitrogens is 4. The molecule has 2 saturated heterocycles. The topological polar surface area (TPSA) is 330 Å². The van der Waals surface area contributed by atoms with Crippen molar-refractivity contribution in [3.05, 3.63) is 104 Å². The number of benzene rings is 2. The van der Waals surface area contributed by atoms with E-state index in [4.69, 9.17) is 16.2 Å². The second-order valence-electron chi connectivity index (χ2n) is 28.7. The van der Waals surface area contributed by atoms with Crippen LogP contribution in [0.15, 0.2) is 70.5 Å². The number of piperazine rings is 2. The summed E-state index contributed by atoms with van der Waals surface area (Å²) in [5.74, 6) is -0.144. The molecule has 0 radical (unpaired) electrons. The van der Waals surface area contributed by atoms with E-state index in [1.54, 1.807) is 92.6 Å². The van der Waals surface area contributed by atoms with Gasteiger partial charge in [0.25, 0.3) is 0 Å². The second-order valence-corrected chi connectivity index (χ2v) is 28.7. The molecule has 6 atom stereocenters. The molecule has 508 valence electrons. The normalized spacial score (nSPS) is 21.6. The molecule has 10 N–H and O–H groups in total. The van der Waals surface area contributed by atoms with Gasteiger partial charge in [-0.3, -0.25) is 34.3 Å².